The average Bonchev–Trinajstić information content (AvgIpc) is 3.13. The molecule has 0 saturated carbocycles. The molecule has 0 saturated heterocycles. The van der Waals surface area contributed by atoms with Gasteiger partial charge in [0.25, 0.3) is 0 Å². The van der Waals surface area contributed by atoms with Gasteiger partial charge in [0.1, 0.15) is 0 Å². The number of amides is 1. The zero-order valence-electron chi connectivity index (χ0n) is 34.6. The summed E-state index contributed by atoms with van der Waals surface area (Å²) in [7, 11) is 0. The van der Waals surface area contributed by atoms with Crippen molar-refractivity contribution in [2.45, 2.75) is 264 Å². The van der Waals surface area contributed by atoms with E-state index in [9.17, 15) is 15.0 Å². The van der Waals surface area contributed by atoms with Crippen LogP contribution in [0.3, 0.4) is 0 Å². The van der Waals surface area contributed by atoms with Gasteiger partial charge in [-0.2, -0.15) is 0 Å². The highest BCUT2D eigenvalue weighted by Crippen LogP contribution is 2.16. The summed E-state index contributed by atoms with van der Waals surface area (Å²) in [6.07, 6.45) is 56.1. The van der Waals surface area contributed by atoms with Crippen LogP contribution >= 0.6 is 0 Å². The quantitative estimate of drug-likeness (QED) is 0.0435. The Kier molecular flexibility index (Phi) is 42.3. The summed E-state index contributed by atoms with van der Waals surface area (Å²) < 4.78 is 0. The minimum Gasteiger partial charge on any atom is -0.394 e. The van der Waals surface area contributed by atoms with Crippen molar-refractivity contribution >= 4 is 5.91 Å². The summed E-state index contributed by atoms with van der Waals surface area (Å²) in [6, 6.07) is -0.616. The maximum absolute atomic E-state index is 12.3. The third-order valence-electron chi connectivity index (χ3n) is 10.7. The molecule has 0 fully saturated rings. The Bertz CT molecular complexity index is 735. The van der Waals surface area contributed by atoms with Crippen LogP contribution in [0.1, 0.15) is 251 Å². The van der Waals surface area contributed by atoms with Crippen LogP contribution in [0, 0.1) is 0 Å². The molecule has 0 aromatic carbocycles. The van der Waals surface area contributed by atoms with Gasteiger partial charge in [0.15, 0.2) is 0 Å². The summed E-state index contributed by atoms with van der Waals surface area (Å²) in [5, 5.41) is 22.8. The summed E-state index contributed by atoms with van der Waals surface area (Å²) in [5.41, 5.74) is 0. The summed E-state index contributed by atoms with van der Waals surface area (Å²) in [5.74, 6) is -0.0640. The van der Waals surface area contributed by atoms with Gasteiger partial charge in [-0.1, -0.05) is 224 Å². The van der Waals surface area contributed by atoms with Crippen LogP contribution in [0.15, 0.2) is 24.3 Å². The molecule has 302 valence electrons. The van der Waals surface area contributed by atoms with E-state index in [1.165, 1.54) is 205 Å². The molecule has 0 bridgehead atoms. The van der Waals surface area contributed by atoms with Crippen molar-refractivity contribution in [3.63, 3.8) is 0 Å². The third-order valence-corrected chi connectivity index (χ3v) is 10.7. The van der Waals surface area contributed by atoms with Gasteiger partial charge < -0.3 is 15.5 Å². The second kappa shape index (κ2) is 43.3. The molecule has 0 aliphatic heterocycles. The van der Waals surface area contributed by atoms with Crippen molar-refractivity contribution in [3.8, 4) is 0 Å². The first-order valence-corrected chi connectivity index (χ1v) is 23.1. The highest BCUT2D eigenvalue weighted by molar-refractivity contribution is 5.76. The van der Waals surface area contributed by atoms with Gasteiger partial charge in [-0.3, -0.25) is 4.79 Å². The first kappa shape index (κ1) is 49.9. The van der Waals surface area contributed by atoms with Crippen molar-refractivity contribution in [1.82, 2.24) is 5.32 Å². The first-order chi connectivity index (χ1) is 25.2. The third kappa shape index (κ3) is 39.9. The highest BCUT2D eigenvalue weighted by Gasteiger charge is 2.17. The Hall–Kier alpha value is -1.13. The minimum atomic E-state index is -0.833. The van der Waals surface area contributed by atoms with Crippen molar-refractivity contribution in [3.05, 3.63) is 24.3 Å². The number of hydrogen-bond donors (Lipinski definition) is 3. The number of rotatable bonds is 42. The lowest BCUT2D eigenvalue weighted by Crippen LogP contribution is -2.45. The number of aliphatic hydroxyl groups excluding tert-OH is 2. The van der Waals surface area contributed by atoms with E-state index in [-0.39, 0.29) is 12.5 Å². The van der Waals surface area contributed by atoms with Crippen LogP contribution in [-0.4, -0.2) is 34.9 Å². The fourth-order valence-corrected chi connectivity index (χ4v) is 7.11. The Morgan fingerprint density at radius 3 is 1.08 bits per heavy atom. The molecule has 0 aromatic heterocycles. The summed E-state index contributed by atoms with van der Waals surface area (Å²) in [6.45, 7) is 4.28. The lowest BCUT2D eigenvalue weighted by Gasteiger charge is -2.20. The Balaban J connectivity index is 3.38. The fraction of sp³-hybridized carbons (Fsp3) is 0.894. The van der Waals surface area contributed by atoms with Gasteiger partial charge in [-0.05, 0) is 44.9 Å². The standard InChI is InChI=1S/C47H91NO3/c1-3-5-7-9-11-13-14-15-16-17-18-19-20-21-22-23-24-25-26-27-28-29-30-31-32-33-34-35-37-39-41-43-47(51)48-45(44-49)46(50)42-40-38-36-12-10-8-6-4-2/h17-18,40,42,45-46,49-50H,3-16,19-39,41,43-44H2,1-2H3,(H,48,51)/b18-17-,42-40+. The average molecular weight is 718 g/mol. The number of hydrogen-bond acceptors (Lipinski definition) is 3. The van der Waals surface area contributed by atoms with Crippen LogP contribution in [-0.2, 0) is 4.79 Å². The van der Waals surface area contributed by atoms with E-state index in [1.807, 2.05) is 6.08 Å². The molecule has 0 aromatic rings. The van der Waals surface area contributed by atoms with Crippen molar-refractivity contribution in [1.29, 1.82) is 0 Å². The van der Waals surface area contributed by atoms with Crippen LogP contribution in [0.25, 0.3) is 0 Å². The molecule has 4 heteroatoms. The maximum Gasteiger partial charge on any atom is 0.220 e. The van der Waals surface area contributed by atoms with Gasteiger partial charge in [0.2, 0.25) is 5.91 Å². The summed E-state index contributed by atoms with van der Waals surface area (Å²) >= 11 is 0. The van der Waals surface area contributed by atoms with E-state index in [0.29, 0.717) is 6.42 Å². The number of allylic oxidation sites excluding steroid dienone is 3. The van der Waals surface area contributed by atoms with E-state index in [0.717, 1.165) is 25.7 Å². The largest absolute Gasteiger partial charge is 0.394 e. The lowest BCUT2D eigenvalue weighted by atomic mass is 10.0. The van der Waals surface area contributed by atoms with Crippen LogP contribution in [0.2, 0.25) is 0 Å². The zero-order valence-corrected chi connectivity index (χ0v) is 34.6. The van der Waals surface area contributed by atoms with E-state index in [4.69, 9.17) is 0 Å². The molecule has 3 N–H and O–H groups in total. The smallest absolute Gasteiger partial charge is 0.220 e. The van der Waals surface area contributed by atoms with Crippen LogP contribution in [0.5, 0.6) is 0 Å². The number of carbonyl (C=O) groups excluding carboxylic acids is 1. The predicted molar refractivity (Wildman–Crippen MR) is 225 cm³/mol. The van der Waals surface area contributed by atoms with Crippen molar-refractivity contribution in [2.75, 3.05) is 6.61 Å². The molecule has 0 spiro atoms. The van der Waals surface area contributed by atoms with Gasteiger partial charge in [-0.25, -0.2) is 0 Å². The maximum atomic E-state index is 12.3. The molecule has 0 heterocycles. The summed E-state index contributed by atoms with van der Waals surface area (Å²) in [4.78, 5) is 12.3. The van der Waals surface area contributed by atoms with Crippen LogP contribution in [0.4, 0.5) is 0 Å². The number of nitrogens with one attached hydrogen (secondary N) is 1. The molecule has 0 aliphatic carbocycles. The Morgan fingerprint density at radius 1 is 0.451 bits per heavy atom. The number of carbonyl (C=O) groups is 1. The molecule has 1 amide bonds. The molecule has 0 aliphatic rings. The number of aliphatic hydroxyl groups is 2. The first-order valence-electron chi connectivity index (χ1n) is 23.1. The molecule has 51 heavy (non-hydrogen) atoms. The Morgan fingerprint density at radius 2 is 0.745 bits per heavy atom. The van der Waals surface area contributed by atoms with Gasteiger partial charge >= 0.3 is 0 Å². The van der Waals surface area contributed by atoms with Crippen molar-refractivity contribution in [2.24, 2.45) is 0 Å². The molecular weight excluding hydrogens is 627 g/mol. The molecule has 0 radical (unpaired) electrons. The van der Waals surface area contributed by atoms with Crippen LogP contribution < -0.4 is 5.32 Å². The number of unbranched alkanes of at least 4 members (excludes halogenated alkanes) is 33. The normalized spacial score (nSPS) is 13.1. The van der Waals surface area contributed by atoms with Gasteiger partial charge in [0, 0.05) is 6.42 Å². The molecule has 2 unspecified atom stereocenters. The Labute approximate surface area is 319 Å². The van der Waals surface area contributed by atoms with E-state index in [1.54, 1.807) is 6.08 Å². The molecule has 4 nitrogen and oxygen atoms in total. The van der Waals surface area contributed by atoms with Crippen molar-refractivity contribution < 1.29 is 15.0 Å². The van der Waals surface area contributed by atoms with E-state index < -0.39 is 12.1 Å². The van der Waals surface area contributed by atoms with Gasteiger partial charge in [0.05, 0.1) is 18.8 Å². The fourth-order valence-electron chi connectivity index (χ4n) is 7.11. The lowest BCUT2D eigenvalue weighted by molar-refractivity contribution is -0.123. The SMILES string of the molecule is CCCCCCCC/C=C/C(O)C(CO)NC(=O)CCCCCCCCCCCCCCCCCCCCC/C=C\CCCCCCCCCC. The topological polar surface area (TPSA) is 69.6 Å². The molecule has 0 rings (SSSR count). The monoisotopic (exact) mass is 718 g/mol. The van der Waals surface area contributed by atoms with E-state index >= 15 is 0 Å². The van der Waals surface area contributed by atoms with E-state index in [2.05, 4.69) is 31.3 Å². The predicted octanol–water partition coefficient (Wildman–Crippen LogP) is 14.4. The highest BCUT2D eigenvalue weighted by atomic mass is 16.3. The second-order valence-corrected chi connectivity index (χ2v) is 15.8. The zero-order chi connectivity index (χ0) is 37.1. The van der Waals surface area contributed by atoms with Gasteiger partial charge in [-0.15, -0.1) is 0 Å². The molecule has 2 atom stereocenters. The molecular formula is C47H91NO3. The minimum absolute atomic E-state index is 0.0640. The second-order valence-electron chi connectivity index (χ2n) is 15.8.